The van der Waals surface area contributed by atoms with Crippen LogP contribution in [0.25, 0.3) is 0 Å². The maximum absolute atomic E-state index is 10.5. The Bertz CT molecular complexity index is 412. The van der Waals surface area contributed by atoms with Gasteiger partial charge >= 0.3 is 0 Å². The number of hydrogen-bond acceptors (Lipinski definition) is 4. The molecule has 0 bridgehead atoms. The van der Waals surface area contributed by atoms with Crippen LogP contribution in [0, 0.1) is 0 Å². The molecule has 0 heterocycles. The highest BCUT2D eigenvalue weighted by Gasteiger charge is 2.13. The second kappa shape index (κ2) is 4.61. The zero-order valence-electron chi connectivity index (χ0n) is 8.00. The molecule has 0 aliphatic carbocycles. The van der Waals surface area contributed by atoms with Crippen LogP contribution >= 0.6 is 0 Å². The van der Waals surface area contributed by atoms with E-state index in [1.807, 2.05) is 0 Å². The maximum atomic E-state index is 10.5. The summed E-state index contributed by atoms with van der Waals surface area (Å²) in [5.74, 6) is -0.324. The summed E-state index contributed by atoms with van der Waals surface area (Å²) in [6.07, 6.45) is 0.333. The lowest BCUT2D eigenvalue weighted by Gasteiger charge is -2.09. The Hall–Kier alpha value is -1.11. The fourth-order valence-electron chi connectivity index (χ4n) is 1.26. The quantitative estimate of drug-likeness (QED) is 0.640. The average Bonchev–Trinajstić information content (AvgIpc) is 2.05. The molecule has 4 N–H and O–H groups in total. The van der Waals surface area contributed by atoms with Gasteiger partial charge in [0.15, 0.2) is 0 Å². The highest BCUT2D eigenvalue weighted by Crippen LogP contribution is 2.11. The monoisotopic (exact) mass is 231 g/mol. The van der Waals surface area contributed by atoms with Gasteiger partial charge in [-0.15, -0.1) is 0 Å². The molecule has 1 aromatic carbocycles. The zero-order valence-corrected chi connectivity index (χ0v) is 8.81. The van der Waals surface area contributed by atoms with Gasteiger partial charge in [0.2, 0.25) is 0 Å². The van der Waals surface area contributed by atoms with Gasteiger partial charge in [-0.1, -0.05) is 12.1 Å². The zero-order chi connectivity index (χ0) is 11.5. The smallest absolute Gasteiger partial charge is 0.266 e. The van der Waals surface area contributed by atoms with Gasteiger partial charge in [0.1, 0.15) is 5.75 Å². The lowest BCUT2D eigenvalue weighted by Crippen LogP contribution is -2.31. The van der Waals surface area contributed by atoms with Crippen molar-refractivity contribution in [3.05, 3.63) is 29.8 Å². The van der Waals surface area contributed by atoms with Gasteiger partial charge in [-0.3, -0.25) is 4.55 Å². The molecule has 0 saturated carbocycles. The minimum Gasteiger partial charge on any atom is -0.508 e. The van der Waals surface area contributed by atoms with Crippen LogP contribution in [0.5, 0.6) is 5.75 Å². The molecule has 0 aromatic heterocycles. The predicted molar refractivity (Wildman–Crippen MR) is 56.2 cm³/mol. The summed E-state index contributed by atoms with van der Waals surface area (Å²) in [6, 6.07) is 5.65. The van der Waals surface area contributed by atoms with Crippen molar-refractivity contribution in [1.29, 1.82) is 0 Å². The van der Waals surface area contributed by atoms with Gasteiger partial charge in [-0.2, -0.15) is 8.42 Å². The van der Waals surface area contributed by atoms with E-state index in [9.17, 15) is 8.42 Å². The normalized spacial score (nSPS) is 13.7. The van der Waals surface area contributed by atoms with Crippen LogP contribution in [0.2, 0.25) is 0 Å². The Balaban J connectivity index is 2.59. The Morgan fingerprint density at radius 1 is 1.27 bits per heavy atom. The first-order valence-electron chi connectivity index (χ1n) is 4.35. The molecule has 1 atom stereocenters. The molecule has 1 aromatic rings. The first kappa shape index (κ1) is 12.0. The first-order valence-corrected chi connectivity index (χ1v) is 5.96. The number of nitrogens with two attached hydrogens (primary N) is 1. The first-order chi connectivity index (χ1) is 6.87. The van der Waals surface area contributed by atoms with Crippen LogP contribution in [-0.4, -0.2) is 29.9 Å². The molecule has 15 heavy (non-hydrogen) atoms. The summed E-state index contributed by atoms with van der Waals surface area (Å²) >= 11 is 0. The molecule has 0 saturated heterocycles. The molecule has 0 aliphatic rings. The van der Waals surface area contributed by atoms with Crippen LogP contribution in [0.15, 0.2) is 24.3 Å². The summed E-state index contributed by atoms with van der Waals surface area (Å²) in [6.45, 7) is 0. The Labute approximate surface area is 88.3 Å². The minimum absolute atomic E-state index is 0.141. The SMILES string of the molecule is N[C@@H](Cc1ccc(O)cc1)CS(=O)(=O)O. The highest BCUT2D eigenvalue weighted by atomic mass is 32.2. The molecule has 5 nitrogen and oxygen atoms in total. The standard InChI is InChI=1S/C9H13NO4S/c10-8(6-15(12,13)14)5-7-1-3-9(11)4-2-7/h1-4,8,11H,5-6,10H2,(H,12,13,14)/t8-/m0/s1. The number of aromatic hydroxyl groups is 1. The van der Waals surface area contributed by atoms with Gasteiger partial charge in [0.05, 0.1) is 5.75 Å². The summed E-state index contributed by atoms with van der Waals surface area (Å²) in [5.41, 5.74) is 6.34. The molecule has 0 fully saturated rings. The summed E-state index contributed by atoms with van der Waals surface area (Å²) < 4.78 is 29.6. The number of phenols is 1. The minimum atomic E-state index is -4.03. The second-order valence-electron chi connectivity index (χ2n) is 3.38. The molecule has 0 radical (unpaired) electrons. The van der Waals surface area contributed by atoms with Gasteiger partial charge in [-0.05, 0) is 24.1 Å². The third-order valence-electron chi connectivity index (χ3n) is 1.86. The lowest BCUT2D eigenvalue weighted by molar-refractivity contribution is 0.473. The van der Waals surface area contributed by atoms with Crippen molar-refractivity contribution in [3.63, 3.8) is 0 Å². The molecule has 0 amide bonds. The topological polar surface area (TPSA) is 101 Å². The van der Waals surface area contributed by atoms with E-state index in [1.54, 1.807) is 12.1 Å². The molecule has 0 unspecified atom stereocenters. The van der Waals surface area contributed by atoms with E-state index in [4.69, 9.17) is 15.4 Å². The lowest BCUT2D eigenvalue weighted by atomic mass is 10.1. The molecule has 0 spiro atoms. The largest absolute Gasteiger partial charge is 0.508 e. The third kappa shape index (κ3) is 4.78. The molecule has 1 rings (SSSR count). The molecular weight excluding hydrogens is 218 g/mol. The summed E-state index contributed by atoms with van der Waals surface area (Å²) in [7, 11) is -4.03. The van der Waals surface area contributed by atoms with E-state index in [0.717, 1.165) is 5.56 Å². The van der Waals surface area contributed by atoms with E-state index >= 15 is 0 Å². The Morgan fingerprint density at radius 3 is 2.27 bits per heavy atom. The average molecular weight is 231 g/mol. The predicted octanol–water partition coefficient (Wildman–Crippen LogP) is 0.150. The van der Waals surface area contributed by atoms with Gasteiger partial charge in [0.25, 0.3) is 10.1 Å². The second-order valence-corrected chi connectivity index (χ2v) is 4.88. The molecule has 6 heteroatoms. The van der Waals surface area contributed by atoms with E-state index in [2.05, 4.69) is 0 Å². The highest BCUT2D eigenvalue weighted by molar-refractivity contribution is 7.85. The number of phenolic OH excluding ortho intramolecular Hbond substituents is 1. The van der Waals surface area contributed by atoms with Crippen LogP contribution in [0.1, 0.15) is 5.56 Å². The Morgan fingerprint density at radius 2 is 1.80 bits per heavy atom. The van der Waals surface area contributed by atoms with Gasteiger partial charge in [0, 0.05) is 6.04 Å². The Kier molecular flexibility index (Phi) is 3.67. The van der Waals surface area contributed by atoms with Gasteiger partial charge < -0.3 is 10.8 Å². The van der Waals surface area contributed by atoms with Crippen LogP contribution in [-0.2, 0) is 16.5 Å². The number of benzene rings is 1. The van der Waals surface area contributed by atoms with Crippen molar-refractivity contribution in [3.8, 4) is 5.75 Å². The molecular formula is C9H13NO4S. The van der Waals surface area contributed by atoms with Crippen molar-refractivity contribution in [2.45, 2.75) is 12.5 Å². The van der Waals surface area contributed by atoms with E-state index < -0.39 is 21.9 Å². The number of rotatable bonds is 4. The van der Waals surface area contributed by atoms with Crippen LogP contribution < -0.4 is 5.73 Å². The molecule has 0 aliphatic heterocycles. The summed E-state index contributed by atoms with van der Waals surface area (Å²) in [4.78, 5) is 0. The van der Waals surface area contributed by atoms with Crippen molar-refractivity contribution in [1.82, 2.24) is 0 Å². The fourth-order valence-corrected chi connectivity index (χ4v) is 1.92. The van der Waals surface area contributed by atoms with Crippen molar-refractivity contribution in [2.24, 2.45) is 5.73 Å². The third-order valence-corrected chi connectivity index (χ3v) is 2.71. The number of hydrogen-bond donors (Lipinski definition) is 3. The van der Waals surface area contributed by atoms with Gasteiger partial charge in [-0.25, -0.2) is 0 Å². The van der Waals surface area contributed by atoms with E-state index in [0.29, 0.717) is 6.42 Å². The van der Waals surface area contributed by atoms with Crippen LogP contribution in [0.3, 0.4) is 0 Å². The van der Waals surface area contributed by atoms with E-state index in [-0.39, 0.29) is 5.75 Å². The van der Waals surface area contributed by atoms with Crippen LogP contribution in [0.4, 0.5) is 0 Å². The maximum Gasteiger partial charge on any atom is 0.266 e. The molecule has 84 valence electrons. The fraction of sp³-hybridized carbons (Fsp3) is 0.333. The van der Waals surface area contributed by atoms with Crippen molar-refractivity contribution in [2.75, 3.05) is 5.75 Å². The van der Waals surface area contributed by atoms with E-state index in [1.165, 1.54) is 12.1 Å². The van der Waals surface area contributed by atoms with Crippen molar-refractivity contribution >= 4 is 10.1 Å². The summed E-state index contributed by atoms with van der Waals surface area (Å²) in [5, 5.41) is 9.01. The van der Waals surface area contributed by atoms with Crippen molar-refractivity contribution < 1.29 is 18.1 Å².